The highest BCUT2D eigenvalue weighted by Crippen LogP contribution is 2.15. The van der Waals surface area contributed by atoms with E-state index in [2.05, 4.69) is 61.7 Å². The summed E-state index contributed by atoms with van der Waals surface area (Å²) in [5.74, 6) is 0.777. The molecule has 1 N–H and O–H groups in total. The summed E-state index contributed by atoms with van der Waals surface area (Å²) in [6, 6.07) is 16.3. The van der Waals surface area contributed by atoms with Crippen molar-refractivity contribution in [2.45, 2.75) is 11.3 Å². The summed E-state index contributed by atoms with van der Waals surface area (Å²) in [5, 5.41) is 11.6. The molecule has 1 aromatic heterocycles. The minimum absolute atomic E-state index is 0.485. The number of nitrogens with one attached hydrogen (secondary N) is 1. The lowest BCUT2D eigenvalue weighted by Crippen LogP contribution is -2.00. The number of thioether (sulfide) groups is 1. The SMILES string of the molecule is CSc1ccc(/C=N\n2c(Cc3ccc(Br)cc3)n[nH]c2=S)cc1. The fourth-order valence-electron chi connectivity index (χ4n) is 2.16. The van der Waals surface area contributed by atoms with E-state index >= 15 is 0 Å². The predicted molar refractivity (Wildman–Crippen MR) is 106 cm³/mol. The molecule has 1 heterocycles. The molecule has 0 radical (unpaired) electrons. The van der Waals surface area contributed by atoms with Gasteiger partial charge in [0.1, 0.15) is 0 Å². The highest BCUT2D eigenvalue weighted by atomic mass is 79.9. The highest BCUT2D eigenvalue weighted by molar-refractivity contribution is 9.10. The second-order valence-corrected chi connectivity index (χ2v) is 7.26. The smallest absolute Gasteiger partial charge is 0.216 e. The summed E-state index contributed by atoms with van der Waals surface area (Å²) in [5.41, 5.74) is 2.17. The molecule has 0 aliphatic heterocycles. The first-order valence-corrected chi connectivity index (χ1v) is 9.67. The maximum absolute atomic E-state index is 5.29. The average molecular weight is 419 g/mol. The molecule has 4 nitrogen and oxygen atoms in total. The largest absolute Gasteiger partial charge is 0.250 e. The van der Waals surface area contributed by atoms with Crippen molar-refractivity contribution in [2.24, 2.45) is 5.10 Å². The monoisotopic (exact) mass is 418 g/mol. The molecule has 0 unspecified atom stereocenters. The number of rotatable bonds is 5. The molecule has 3 aromatic rings. The third kappa shape index (κ3) is 4.23. The average Bonchev–Trinajstić information content (AvgIpc) is 2.95. The number of halogens is 1. The van der Waals surface area contributed by atoms with E-state index in [-0.39, 0.29) is 0 Å². The Balaban J connectivity index is 1.82. The predicted octanol–water partition coefficient (Wildman–Crippen LogP) is 4.90. The van der Waals surface area contributed by atoms with Gasteiger partial charge in [-0.3, -0.25) is 5.10 Å². The van der Waals surface area contributed by atoms with Crippen LogP contribution in [0, 0.1) is 4.77 Å². The molecule has 0 atom stereocenters. The lowest BCUT2D eigenvalue weighted by atomic mass is 10.1. The molecule has 0 saturated carbocycles. The van der Waals surface area contributed by atoms with Crippen molar-refractivity contribution in [3.8, 4) is 0 Å². The molecule has 0 aliphatic rings. The van der Waals surface area contributed by atoms with Crippen LogP contribution >= 0.6 is 39.9 Å². The zero-order valence-electron chi connectivity index (χ0n) is 12.9. The van der Waals surface area contributed by atoms with Gasteiger partial charge in [-0.05, 0) is 53.9 Å². The van der Waals surface area contributed by atoms with Crippen LogP contribution in [0.2, 0.25) is 0 Å². The first-order valence-electron chi connectivity index (χ1n) is 7.25. The molecule has 7 heteroatoms. The summed E-state index contributed by atoms with van der Waals surface area (Å²) in [6.07, 6.45) is 4.51. The summed E-state index contributed by atoms with van der Waals surface area (Å²) in [7, 11) is 0. The Labute approximate surface area is 158 Å². The van der Waals surface area contributed by atoms with Crippen LogP contribution in [-0.2, 0) is 6.42 Å². The van der Waals surface area contributed by atoms with E-state index in [1.165, 1.54) is 4.90 Å². The minimum atomic E-state index is 0.485. The summed E-state index contributed by atoms with van der Waals surface area (Å²) in [4.78, 5) is 1.22. The van der Waals surface area contributed by atoms with Crippen LogP contribution in [0.15, 0.2) is 63.0 Å². The summed E-state index contributed by atoms with van der Waals surface area (Å²) in [6.45, 7) is 0. The maximum atomic E-state index is 5.29. The number of hydrogen-bond donors (Lipinski definition) is 1. The van der Waals surface area contributed by atoms with Crippen LogP contribution in [0.3, 0.4) is 0 Å². The third-order valence-electron chi connectivity index (χ3n) is 3.43. The number of benzene rings is 2. The maximum Gasteiger partial charge on any atom is 0.216 e. The van der Waals surface area contributed by atoms with E-state index < -0.39 is 0 Å². The van der Waals surface area contributed by atoms with Gasteiger partial charge in [0.2, 0.25) is 4.77 Å². The van der Waals surface area contributed by atoms with Crippen molar-refractivity contribution in [1.29, 1.82) is 0 Å². The van der Waals surface area contributed by atoms with Gasteiger partial charge in [-0.2, -0.15) is 14.9 Å². The van der Waals surface area contributed by atoms with Gasteiger partial charge in [0, 0.05) is 15.8 Å². The Kier molecular flexibility index (Phi) is 5.65. The number of hydrogen-bond acceptors (Lipinski definition) is 4. The zero-order valence-corrected chi connectivity index (χ0v) is 16.2. The van der Waals surface area contributed by atoms with Crippen molar-refractivity contribution in [3.05, 3.63) is 74.7 Å². The van der Waals surface area contributed by atoms with E-state index in [1.54, 1.807) is 22.7 Å². The van der Waals surface area contributed by atoms with Crippen molar-refractivity contribution in [2.75, 3.05) is 6.26 Å². The second kappa shape index (κ2) is 7.92. The van der Waals surface area contributed by atoms with Crippen molar-refractivity contribution >= 4 is 46.1 Å². The molecule has 0 saturated heterocycles. The lowest BCUT2D eigenvalue weighted by molar-refractivity contribution is 0.791. The first kappa shape index (κ1) is 17.1. The van der Waals surface area contributed by atoms with Crippen LogP contribution in [-0.4, -0.2) is 27.3 Å². The van der Waals surface area contributed by atoms with Crippen molar-refractivity contribution in [1.82, 2.24) is 14.9 Å². The topological polar surface area (TPSA) is 46.0 Å². The first-order chi connectivity index (χ1) is 11.7. The standard InChI is InChI=1S/C17H15BrN4S2/c1-24-15-8-4-13(5-9-15)11-19-22-16(20-21-17(22)23)10-12-2-6-14(18)7-3-12/h2-9,11H,10H2,1H3,(H,21,23)/b19-11-. The van der Waals surface area contributed by atoms with Gasteiger partial charge in [0.15, 0.2) is 5.82 Å². The molecule has 0 bridgehead atoms. The van der Waals surface area contributed by atoms with E-state index in [4.69, 9.17) is 12.2 Å². The minimum Gasteiger partial charge on any atom is -0.250 e. The Morgan fingerprint density at radius 1 is 1.21 bits per heavy atom. The molecular weight excluding hydrogens is 404 g/mol. The number of nitrogens with zero attached hydrogens (tertiary/aromatic N) is 3. The second-order valence-electron chi connectivity index (χ2n) is 5.08. The Morgan fingerprint density at radius 3 is 2.58 bits per heavy atom. The number of H-pyrrole nitrogens is 1. The Hall–Kier alpha value is -1.70. The van der Waals surface area contributed by atoms with Crippen LogP contribution in [0.4, 0.5) is 0 Å². The zero-order chi connectivity index (χ0) is 16.9. The number of aromatic nitrogens is 3. The molecule has 3 rings (SSSR count). The third-order valence-corrected chi connectivity index (χ3v) is 4.97. The van der Waals surface area contributed by atoms with Gasteiger partial charge in [0.05, 0.1) is 6.21 Å². The Bertz CT molecular complexity index is 896. The van der Waals surface area contributed by atoms with E-state index in [0.717, 1.165) is 21.4 Å². The summed E-state index contributed by atoms with van der Waals surface area (Å²) >= 11 is 10.4. The molecule has 24 heavy (non-hydrogen) atoms. The molecule has 0 aliphatic carbocycles. The van der Waals surface area contributed by atoms with Gasteiger partial charge in [-0.25, -0.2) is 0 Å². The van der Waals surface area contributed by atoms with Crippen LogP contribution < -0.4 is 0 Å². The molecule has 122 valence electrons. The highest BCUT2D eigenvalue weighted by Gasteiger charge is 2.06. The van der Waals surface area contributed by atoms with Crippen molar-refractivity contribution < 1.29 is 0 Å². The van der Waals surface area contributed by atoms with Gasteiger partial charge < -0.3 is 0 Å². The van der Waals surface area contributed by atoms with Gasteiger partial charge in [-0.15, -0.1) is 11.8 Å². The number of aromatic amines is 1. The Morgan fingerprint density at radius 2 is 1.92 bits per heavy atom. The van der Waals surface area contributed by atoms with E-state index in [1.807, 2.05) is 24.3 Å². The van der Waals surface area contributed by atoms with Crippen molar-refractivity contribution in [3.63, 3.8) is 0 Å². The van der Waals surface area contributed by atoms with Crippen LogP contribution in [0.25, 0.3) is 0 Å². The molecule has 0 fully saturated rings. The van der Waals surface area contributed by atoms with Gasteiger partial charge in [0.25, 0.3) is 0 Å². The molecule has 2 aromatic carbocycles. The normalized spacial score (nSPS) is 11.2. The quantitative estimate of drug-likeness (QED) is 0.364. The fourth-order valence-corrected chi connectivity index (χ4v) is 3.03. The fraction of sp³-hybridized carbons (Fsp3) is 0.118. The lowest BCUT2D eigenvalue weighted by Gasteiger charge is -2.02. The summed E-state index contributed by atoms with van der Waals surface area (Å²) < 4.78 is 3.20. The van der Waals surface area contributed by atoms with E-state index in [9.17, 15) is 0 Å². The molecule has 0 spiro atoms. The molecular formula is C17H15BrN4S2. The molecule has 0 amide bonds. The van der Waals surface area contributed by atoms with Crippen LogP contribution in [0.1, 0.15) is 17.0 Å². The van der Waals surface area contributed by atoms with Crippen LogP contribution in [0.5, 0.6) is 0 Å². The van der Waals surface area contributed by atoms with E-state index in [0.29, 0.717) is 11.2 Å². The van der Waals surface area contributed by atoms with Gasteiger partial charge in [-0.1, -0.05) is 40.2 Å². The van der Waals surface area contributed by atoms with Gasteiger partial charge >= 0.3 is 0 Å².